The van der Waals surface area contributed by atoms with E-state index in [4.69, 9.17) is 5.73 Å². The Hall–Kier alpha value is -2.75. The van der Waals surface area contributed by atoms with E-state index in [-0.39, 0.29) is 0 Å². The number of pyridine rings is 1. The molecule has 2 N–H and O–H groups in total. The summed E-state index contributed by atoms with van der Waals surface area (Å²) in [5.41, 5.74) is 9.18. The van der Waals surface area contributed by atoms with Gasteiger partial charge < -0.3 is 5.73 Å². The van der Waals surface area contributed by atoms with Gasteiger partial charge in [0.05, 0.1) is 5.69 Å². The van der Waals surface area contributed by atoms with Crippen molar-refractivity contribution in [1.29, 1.82) is 0 Å². The summed E-state index contributed by atoms with van der Waals surface area (Å²) in [6, 6.07) is 13.3. The van der Waals surface area contributed by atoms with Crippen LogP contribution in [0.4, 0.5) is 5.69 Å². The van der Waals surface area contributed by atoms with Crippen molar-refractivity contribution in [3.63, 3.8) is 0 Å². The average Bonchev–Trinajstić information content (AvgIpc) is 2.49. The molecule has 3 aromatic rings. The number of nitrogens with zero attached hydrogens (tertiary/aromatic N) is 3. The molecule has 1 aromatic carbocycles. The summed E-state index contributed by atoms with van der Waals surface area (Å²) in [6.07, 6.45) is 5.28. The minimum absolute atomic E-state index is 0.682. The van der Waals surface area contributed by atoms with E-state index >= 15 is 0 Å². The van der Waals surface area contributed by atoms with Crippen molar-refractivity contribution in [1.82, 2.24) is 15.0 Å². The van der Waals surface area contributed by atoms with Crippen molar-refractivity contribution in [2.45, 2.75) is 0 Å². The Bertz CT molecular complexity index is 678. The average molecular weight is 248 g/mol. The van der Waals surface area contributed by atoms with Gasteiger partial charge in [-0.15, -0.1) is 0 Å². The highest BCUT2D eigenvalue weighted by Gasteiger charge is 2.04. The standard InChI is InChI=1S/C15H12N4/c16-13-5-3-11(4-6-13)15-18-9-7-14(19-15)12-2-1-8-17-10-12/h1-10H,16H2. The predicted octanol–water partition coefficient (Wildman–Crippen LogP) is 2.79. The van der Waals surface area contributed by atoms with Crippen LogP contribution >= 0.6 is 0 Å². The quantitative estimate of drug-likeness (QED) is 0.708. The molecular formula is C15H12N4. The number of aromatic nitrogens is 3. The van der Waals surface area contributed by atoms with Gasteiger partial charge in [0, 0.05) is 35.4 Å². The molecule has 3 rings (SSSR count). The molecule has 2 heterocycles. The lowest BCUT2D eigenvalue weighted by Crippen LogP contribution is -1.92. The molecule has 0 aliphatic heterocycles. The molecule has 2 aromatic heterocycles. The van der Waals surface area contributed by atoms with Gasteiger partial charge in [0.1, 0.15) is 0 Å². The highest BCUT2D eigenvalue weighted by molar-refractivity contribution is 5.63. The fourth-order valence-electron chi connectivity index (χ4n) is 1.81. The summed E-state index contributed by atoms with van der Waals surface area (Å²) < 4.78 is 0. The maximum atomic E-state index is 5.68. The summed E-state index contributed by atoms with van der Waals surface area (Å²) in [4.78, 5) is 12.9. The summed E-state index contributed by atoms with van der Waals surface area (Å²) >= 11 is 0. The second-order valence-corrected chi connectivity index (χ2v) is 4.13. The largest absolute Gasteiger partial charge is 0.399 e. The Kier molecular flexibility index (Phi) is 2.90. The molecule has 0 bridgehead atoms. The van der Waals surface area contributed by atoms with Crippen LogP contribution in [0.15, 0.2) is 61.1 Å². The highest BCUT2D eigenvalue weighted by atomic mass is 14.9. The third-order valence-corrected chi connectivity index (χ3v) is 2.78. The molecule has 0 radical (unpaired) electrons. The van der Waals surface area contributed by atoms with Crippen LogP contribution in [0.3, 0.4) is 0 Å². The normalized spacial score (nSPS) is 10.3. The predicted molar refractivity (Wildman–Crippen MR) is 75.1 cm³/mol. The van der Waals surface area contributed by atoms with E-state index in [1.807, 2.05) is 42.5 Å². The highest BCUT2D eigenvalue weighted by Crippen LogP contribution is 2.20. The summed E-state index contributed by atoms with van der Waals surface area (Å²) in [7, 11) is 0. The lowest BCUT2D eigenvalue weighted by molar-refractivity contribution is 1.17. The zero-order chi connectivity index (χ0) is 13.1. The second kappa shape index (κ2) is 4.86. The Morgan fingerprint density at radius 1 is 0.842 bits per heavy atom. The molecule has 0 amide bonds. The number of hydrogen-bond donors (Lipinski definition) is 1. The van der Waals surface area contributed by atoms with Gasteiger partial charge in [-0.25, -0.2) is 9.97 Å². The number of anilines is 1. The lowest BCUT2D eigenvalue weighted by atomic mass is 10.1. The van der Waals surface area contributed by atoms with Gasteiger partial charge in [-0.3, -0.25) is 4.98 Å². The molecular weight excluding hydrogens is 236 g/mol. The van der Waals surface area contributed by atoms with Crippen LogP contribution in [-0.2, 0) is 0 Å². The molecule has 92 valence electrons. The molecule has 0 saturated carbocycles. The first-order chi connectivity index (χ1) is 9.33. The molecule has 4 nitrogen and oxygen atoms in total. The van der Waals surface area contributed by atoms with E-state index < -0.39 is 0 Å². The van der Waals surface area contributed by atoms with Crippen LogP contribution in [0, 0.1) is 0 Å². The Labute approximate surface area is 111 Å². The van der Waals surface area contributed by atoms with Crippen LogP contribution in [0.1, 0.15) is 0 Å². The topological polar surface area (TPSA) is 64.7 Å². The second-order valence-electron chi connectivity index (χ2n) is 4.13. The third-order valence-electron chi connectivity index (χ3n) is 2.78. The first-order valence-electron chi connectivity index (χ1n) is 5.92. The van der Waals surface area contributed by atoms with E-state index in [1.54, 1.807) is 18.6 Å². The third kappa shape index (κ3) is 2.42. The molecule has 0 aliphatic rings. The van der Waals surface area contributed by atoms with Gasteiger partial charge in [0.2, 0.25) is 0 Å². The first-order valence-corrected chi connectivity index (χ1v) is 5.92. The van der Waals surface area contributed by atoms with Crippen molar-refractivity contribution < 1.29 is 0 Å². The lowest BCUT2D eigenvalue weighted by Gasteiger charge is -2.04. The van der Waals surface area contributed by atoms with Gasteiger partial charge in [-0.05, 0) is 42.5 Å². The maximum Gasteiger partial charge on any atom is 0.159 e. The number of benzene rings is 1. The van der Waals surface area contributed by atoms with E-state index in [9.17, 15) is 0 Å². The first kappa shape index (κ1) is 11.3. The monoisotopic (exact) mass is 248 g/mol. The van der Waals surface area contributed by atoms with Crippen LogP contribution in [-0.4, -0.2) is 15.0 Å². The molecule has 0 spiro atoms. The van der Waals surface area contributed by atoms with Gasteiger partial charge >= 0.3 is 0 Å². The maximum absolute atomic E-state index is 5.68. The smallest absolute Gasteiger partial charge is 0.159 e. The molecule has 0 saturated heterocycles. The number of nitrogens with two attached hydrogens (primary N) is 1. The molecule has 0 aliphatic carbocycles. The Morgan fingerprint density at radius 3 is 2.42 bits per heavy atom. The summed E-state index contributed by atoms with van der Waals surface area (Å²) in [5.74, 6) is 0.682. The number of hydrogen-bond acceptors (Lipinski definition) is 4. The summed E-state index contributed by atoms with van der Waals surface area (Å²) in [6.45, 7) is 0. The minimum Gasteiger partial charge on any atom is -0.399 e. The van der Waals surface area contributed by atoms with E-state index in [2.05, 4.69) is 15.0 Å². The van der Waals surface area contributed by atoms with E-state index in [0.29, 0.717) is 5.82 Å². The molecule has 0 atom stereocenters. The van der Waals surface area contributed by atoms with E-state index in [0.717, 1.165) is 22.5 Å². The molecule has 19 heavy (non-hydrogen) atoms. The number of rotatable bonds is 2. The fraction of sp³-hybridized carbons (Fsp3) is 0. The van der Waals surface area contributed by atoms with Crippen molar-refractivity contribution in [3.05, 3.63) is 61.1 Å². The SMILES string of the molecule is Nc1ccc(-c2nccc(-c3cccnc3)n2)cc1. The van der Waals surface area contributed by atoms with Crippen LogP contribution < -0.4 is 5.73 Å². The van der Waals surface area contributed by atoms with Gasteiger partial charge in [-0.1, -0.05) is 0 Å². The molecule has 4 heteroatoms. The van der Waals surface area contributed by atoms with Gasteiger partial charge in [0.15, 0.2) is 5.82 Å². The van der Waals surface area contributed by atoms with Crippen molar-refractivity contribution in [2.24, 2.45) is 0 Å². The molecule has 0 unspecified atom stereocenters. The molecule has 0 fully saturated rings. The van der Waals surface area contributed by atoms with Gasteiger partial charge in [-0.2, -0.15) is 0 Å². The Balaban J connectivity index is 2.03. The zero-order valence-corrected chi connectivity index (χ0v) is 10.2. The Morgan fingerprint density at radius 2 is 1.68 bits per heavy atom. The summed E-state index contributed by atoms with van der Waals surface area (Å²) in [5, 5.41) is 0. The minimum atomic E-state index is 0.682. The van der Waals surface area contributed by atoms with Crippen molar-refractivity contribution in [3.8, 4) is 22.6 Å². The van der Waals surface area contributed by atoms with Crippen LogP contribution in [0.25, 0.3) is 22.6 Å². The zero-order valence-electron chi connectivity index (χ0n) is 10.2. The fourth-order valence-corrected chi connectivity index (χ4v) is 1.81. The van der Waals surface area contributed by atoms with E-state index in [1.165, 1.54) is 0 Å². The van der Waals surface area contributed by atoms with Crippen LogP contribution in [0.2, 0.25) is 0 Å². The van der Waals surface area contributed by atoms with Gasteiger partial charge in [0.25, 0.3) is 0 Å². The van der Waals surface area contributed by atoms with Crippen molar-refractivity contribution >= 4 is 5.69 Å². The number of nitrogen functional groups attached to an aromatic ring is 1. The van der Waals surface area contributed by atoms with Crippen LogP contribution in [0.5, 0.6) is 0 Å². The van der Waals surface area contributed by atoms with Crippen molar-refractivity contribution in [2.75, 3.05) is 5.73 Å².